The third-order valence-corrected chi connectivity index (χ3v) is 5.01. The predicted molar refractivity (Wildman–Crippen MR) is 75.8 cm³/mol. The number of sulfone groups is 1. The molecular weight excluding hydrogens is 302 g/mol. The highest BCUT2D eigenvalue weighted by molar-refractivity contribution is 7.90. The molecule has 0 saturated carbocycles. The lowest BCUT2D eigenvalue weighted by Crippen LogP contribution is -2.31. The van der Waals surface area contributed by atoms with Crippen LogP contribution >= 0.6 is 11.3 Å². The topological polar surface area (TPSA) is 101 Å². The van der Waals surface area contributed by atoms with Crippen LogP contribution in [-0.4, -0.2) is 38.2 Å². The van der Waals surface area contributed by atoms with Crippen LogP contribution in [0.1, 0.15) is 29.9 Å². The molecule has 1 aromatic heterocycles. The Balaban J connectivity index is 2.61. The van der Waals surface area contributed by atoms with Crippen LogP contribution in [0.4, 0.5) is 0 Å². The highest BCUT2D eigenvalue weighted by Gasteiger charge is 2.26. The molecule has 0 aliphatic rings. The first-order valence-corrected chi connectivity index (χ1v) is 8.61. The molecule has 0 fully saturated rings. The van der Waals surface area contributed by atoms with E-state index in [9.17, 15) is 18.0 Å². The number of aliphatic carboxylic acids is 1. The molecule has 0 atom stereocenters. The summed E-state index contributed by atoms with van der Waals surface area (Å²) in [4.78, 5) is 23.1. The van der Waals surface area contributed by atoms with Crippen LogP contribution in [0.3, 0.4) is 0 Å². The van der Waals surface area contributed by atoms with Crippen molar-refractivity contribution in [1.29, 1.82) is 0 Å². The van der Waals surface area contributed by atoms with Crippen molar-refractivity contribution in [3.8, 4) is 0 Å². The number of hydrogen-bond donors (Lipinski definition) is 2. The molecule has 8 heteroatoms. The Morgan fingerprint density at radius 3 is 2.45 bits per heavy atom. The first kappa shape index (κ1) is 16.6. The van der Waals surface area contributed by atoms with Gasteiger partial charge in [-0.15, -0.1) is 11.3 Å². The van der Waals surface area contributed by atoms with Gasteiger partial charge in [0.1, 0.15) is 0 Å². The maximum absolute atomic E-state index is 11.8. The van der Waals surface area contributed by atoms with Crippen LogP contribution in [0.5, 0.6) is 0 Å². The number of hydrogen-bond acceptors (Lipinski definition) is 5. The monoisotopic (exact) mass is 319 g/mol. The van der Waals surface area contributed by atoms with Crippen molar-refractivity contribution >= 4 is 33.1 Å². The van der Waals surface area contributed by atoms with E-state index in [0.29, 0.717) is 11.3 Å². The van der Waals surface area contributed by atoms with E-state index in [1.54, 1.807) is 13.8 Å². The summed E-state index contributed by atoms with van der Waals surface area (Å²) in [5.41, 5.74) is -0.916. The highest BCUT2D eigenvalue weighted by Crippen LogP contribution is 2.21. The molecule has 1 rings (SSSR count). The molecule has 6 nitrogen and oxygen atoms in total. The van der Waals surface area contributed by atoms with Gasteiger partial charge in [0, 0.05) is 18.2 Å². The van der Waals surface area contributed by atoms with Gasteiger partial charge >= 0.3 is 5.97 Å². The third-order valence-electron chi connectivity index (χ3n) is 2.84. The summed E-state index contributed by atoms with van der Waals surface area (Å²) in [6.07, 6.45) is 1.37. The lowest BCUT2D eigenvalue weighted by Gasteiger charge is -2.18. The van der Waals surface area contributed by atoms with E-state index in [4.69, 9.17) is 5.11 Å². The number of carboxylic acid groups (broad SMARTS) is 1. The number of thiophene rings is 1. The molecule has 2 N–H and O–H groups in total. The molecule has 0 aliphatic carbocycles. The van der Waals surface area contributed by atoms with Gasteiger partial charge in [-0.2, -0.15) is 0 Å². The van der Waals surface area contributed by atoms with Crippen LogP contribution in [0.2, 0.25) is 0 Å². The third kappa shape index (κ3) is 4.31. The van der Waals surface area contributed by atoms with Crippen molar-refractivity contribution in [3.63, 3.8) is 0 Å². The Bertz CT molecular complexity index is 616. The second-order valence-electron chi connectivity index (χ2n) is 5.11. The maximum atomic E-state index is 11.8. The van der Waals surface area contributed by atoms with Gasteiger partial charge in [-0.1, -0.05) is 0 Å². The molecule has 0 radical (unpaired) electrons. The predicted octanol–water partition coefficient (Wildman–Crippen LogP) is 1.38. The van der Waals surface area contributed by atoms with Gasteiger partial charge in [-0.3, -0.25) is 9.59 Å². The number of carbonyl (C=O) groups is 2. The molecule has 0 spiro atoms. The largest absolute Gasteiger partial charge is 0.481 e. The van der Waals surface area contributed by atoms with E-state index in [2.05, 4.69) is 5.32 Å². The quantitative estimate of drug-likeness (QED) is 0.825. The summed E-state index contributed by atoms with van der Waals surface area (Å²) in [5, 5.41) is 12.9. The Labute approximate surface area is 121 Å². The van der Waals surface area contributed by atoms with Crippen LogP contribution < -0.4 is 5.32 Å². The minimum Gasteiger partial charge on any atom is -0.481 e. The van der Waals surface area contributed by atoms with E-state index in [-0.39, 0.29) is 11.4 Å². The minimum atomic E-state index is -3.32. The fraction of sp³-hybridized carbons (Fsp3) is 0.500. The Morgan fingerprint density at radius 2 is 2.00 bits per heavy atom. The standard InChI is InChI=1S/C12H17NO5S2/c1-12(2,11(15)16)4-5-13-10(14)9-6-8(7-19-9)20(3,17)18/h6-7H,4-5H2,1-3H3,(H,13,14)(H,15,16). The molecule has 1 amide bonds. The second kappa shape index (κ2) is 5.92. The van der Waals surface area contributed by atoms with Gasteiger partial charge < -0.3 is 10.4 Å². The zero-order chi connectivity index (χ0) is 15.6. The normalized spacial score (nSPS) is 12.2. The average molecular weight is 319 g/mol. The van der Waals surface area contributed by atoms with Crippen molar-refractivity contribution in [1.82, 2.24) is 5.32 Å². The lowest BCUT2D eigenvalue weighted by atomic mass is 9.90. The van der Waals surface area contributed by atoms with Gasteiger partial charge in [0.2, 0.25) is 0 Å². The van der Waals surface area contributed by atoms with E-state index < -0.39 is 27.1 Å². The summed E-state index contributed by atoms with van der Waals surface area (Å²) in [5.74, 6) is -1.33. The van der Waals surface area contributed by atoms with Crippen molar-refractivity contribution in [3.05, 3.63) is 16.3 Å². The second-order valence-corrected chi connectivity index (χ2v) is 8.04. The van der Waals surface area contributed by atoms with Crippen LogP contribution in [-0.2, 0) is 14.6 Å². The van der Waals surface area contributed by atoms with E-state index in [0.717, 1.165) is 17.6 Å². The molecule has 1 heterocycles. The number of nitrogens with one attached hydrogen (secondary N) is 1. The summed E-state index contributed by atoms with van der Waals surface area (Å²) >= 11 is 1.04. The number of amides is 1. The molecule has 0 aromatic carbocycles. The number of carbonyl (C=O) groups excluding carboxylic acids is 1. The average Bonchev–Trinajstić information content (AvgIpc) is 2.77. The number of rotatable bonds is 6. The zero-order valence-corrected chi connectivity index (χ0v) is 13.1. The van der Waals surface area contributed by atoms with Crippen molar-refractivity contribution in [2.24, 2.45) is 5.41 Å². The molecule has 0 aliphatic heterocycles. The van der Waals surface area contributed by atoms with Crippen LogP contribution in [0, 0.1) is 5.41 Å². The summed E-state index contributed by atoms with van der Waals surface area (Å²) < 4.78 is 22.6. The van der Waals surface area contributed by atoms with Crippen molar-refractivity contribution in [2.75, 3.05) is 12.8 Å². The first-order valence-electron chi connectivity index (χ1n) is 5.84. The van der Waals surface area contributed by atoms with E-state index >= 15 is 0 Å². The molecular formula is C12H17NO5S2. The van der Waals surface area contributed by atoms with Gasteiger partial charge in [-0.25, -0.2) is 8.42 Å². The molecule has 0 unspecified atom stereocenters. The zero-order valence-electron chi connectivity index (χ0n) is 11.5. The summed E-state index contributed by atoms with van der Waals surface area (Å²) in [6.45, 7) is 3.37. The molecule has 20 heavy (non-hydrogen) atoms. The van der Waals surface area contributed by atoms with Gasteiger partial charge in [0.05, 0.1) is 15.2 Å². The van der Waals surface area contributed by atoms with Crippen LogP contribution in [0.25, 0.3) is 0 Å². The molecule has 0 bridgehead atoms. The van der Waals surface area contributed by atoms with Crippen molar-refractivity contribution < 1.29 is 23.1 Å². The summed E-state index contributed by atoms with van der Waals surface area (Å²) in [6, 6.07) is 1.32. The molecule has 0 saturated heterocycles. The highest BCUT2D eigenvalue weighted by atomic mass is 32.2. The van der Waals surface area contributed by atoms with Crippen molar-refractivity contribution in [2.45, 2.75) is 25.2 Å². The van der Waals surface area contributed by atoms with E-state index in [1.165, 1.54) is 11.4 Å². The molecule has 1 aromatic rings. The number of carboxylic acids is 1. The first-order chi connectivity index (χ1) is 9.04. The SMILES string of the molecule is CC(C)(CCNC(=O)c1cc(S(C)(=O)=O)cs1)C(=O)O. The van der Waals surface area contributed by atoms with E-state index in [1.807, 2.05) is 0 Å². The Morgan fingerprint density at radius 1 is 1.40 bits per heavy atom. The minimum absolute atomic E-state index is 0.110. The maximum Gasteiger partial charge on any atom is 0.309 e. The summed E-state index contributed by atoms with van der Waals surface area (Å²) in [7, 11) is -3.32. The molecule has 112 valence electrons. The lowest BCUT2D eigenvalue weighted by molar-refractivity contribution is -0.147. The Hall–Kier alpha value is -1.41. The van der Waals surface area contributed by atoms with Gasteiger partial charge in [0.15, 0.2) is 9.84 Å². The van der Waals surface area contributed by atoms with Gasteiger partial charge in [0.25, 0.3) is 5.91 Å². The smallest absolute Gasteiger partial charge is 0.309 e. The van der Waals surface area contributed by atoms with Crippen LogP contribution in [0.15, 0.2) is 16.3 Å². The fourth-order valence-electron chi connectivity index (χ4n) is 1.31. The Kier molecular flexibility index (Phi) is 4.93. The fourth-order valence-corrected chi connectivity index (χ4v) is 3.25. The van der Waals surface area contributed by atoms with Gasteiger partial charge in [-0.05, 0) is 26.3 Å².